The normalized spacial score (nSPS) is 13.2. The molecule has 0 spiro atoms. The second-order valence-corrected chi connectivity index (χ2v) is 5.96. The summed E-state index contributed by atoms with van der Waals surface area (Å²) in [4.78, 5) is 10.3. The summed E-state index contributed by atoms with van der Waals surface area (Å²) < 4.78 is 0. The number of carboxylic acids is 1. The van der Waals surface area contributed by atoms with Gasteiger partial charge in [-0.05, 0) is 44.4 Å². The van der Waals surface area contributed by atoms with E-state index in [1.54, 1.807) is 0 Å². The van der Waals surface area contributed by atoms with Gasteiger partial charge in [0, 0.05) is 6.42 Å². The van der Waals surface area contributed by atoms with Crippen molar-refractivity contribution >= 4 is 5.97 Å². The topological polar surface area (TPSA) is 37.3 Å². The fourth-order valence-corrected chi connectivity index (χ4v) is 2.17. The average molecular weight is 294 g/mol. The molecule has 0 amide bonds. The third kappa shape index (κ3) is 16.9. The molecule has 0 saturated carbocycles. The van der Waals surface area contributed by atoms with Crippen LogP contribution in [0.1, 0.15) is 84.5 Å². The number of aliphatic carboxylic acids is 1. The van der Waals surface area contributed by atoms with E-state index in [0.717, 1.165) is 31.6 Å². The Hall–Kier alpha value is -1.05. The summed E-state index contributed by atoms with van der Waals surface area (Å²) in [6.07, 6.45) is 20.9. The summed E-state index contributed by atoms with van der Waals surface area (Å²) in [5.41, 5.74) is 0. The number of carboxylic acid groups (broad SMARTS) is 1. The average Bonchev–Trinajstić information content (AvgIpc) is 2.46. The first-order valence-corrected chi connectivity index (χ1v) is 8.68. The Kier molecular flexibility index (Phi) is 14.6. The lowest BCUT2D eigenvalue weighted by atomic mass is 10.0. The van der Waals surface area contributed by atoms with Gasteiger partial charge in [0.05, 0.1) is 0 Å². The number of carbonyl (C=O) groups is 1. The molecule has 0 rings (SSSR count). The zero-order valence-electron chi connectivity index (χ0n) is 14.0. The van der Waals surface area contributed by atoms with Crippen LogP contribution in [0, 0.1) is 5.92 Å². The maximum Gasteiger partial charge on any atom is 0.303 e. The van der Waals surface area contributed by atoms with Crippen molar-refractivity contribution in [2.45, 2.75) is 84.5 Å². The molecule has 1 N–H and O–H groups in total. The lowest BCUT2D eigenvalue weighted by molar-refractivity contribution is -0.137. The number of hydrogen-bond donors (Lipinski definition) is 1. The molecule has 2 heteroatoms. The van der Waals surface area contributed by atoms with Gasteiger partial charge in [-0.15, -0.1) is 0 Å². The Morgan fingerprint density at radius 3 is 2.05 bits per heavy atom. The van der Waals surface area contributed by atoms with E-state index in [0.29, 0.717) is 0 Å². The van der Waals surface area contributed by atoms with Crippen LogP contribution in [0.25, 0.3) is 0 Å². The summed E-state index contributed by atoms with van der Waals surface area (Å²) >= 11 is 0. The molecule has 0 radical (unpaired) electrons. The van der Waals surface area contributed by atoms with Gasteiger partial charge in [0.15, 0.2) is 0 Å². The maximum absolute atomic E-state index is 10.3. The van der Waals surface area contributed by atoms with Gasteiger partial charge in [0.2, 0.25) is 0 Å². The van der Waals surface area contributed by atoms with Gasteiger partial charge in [-0.3, -0.25) is 4.79 Å². The number of rotatable bonds is 14. The van der Waals surface area contributed by atoms with Crippen LogP contribution in [-0.4, -0.2) is 11.1 Å². The highest BCUT2D eigenvalue weighted by Gasteiger charge is 1.97. The van der Waals surface area contributed by atoms with Crippen molar-refractivity contribution in [3.8, 4) is 0 Å². The maximum atomic E-state index is 10.3. The highest BCUT2D eigenvalue weighted by Crippen LogP contribution is 2.13. The number of hydrogen-bond acceptors (Lipinski definition) is 1. The first-order chi connectivity index (χ1) is 10.2. The lowest BCUT2D eigenvalue weighted by Gasteiger charge is -2.06. The van der Waals surface area contributed by atoms with Crippen molar-refractivity contribution < 1.29 is 9.90 Å². The Bertz CT molecular complexity index is 292. The largest absolute Gasteiger partial charge is 0.481 e. The van der Waals surface area contributed by atoms with Gasteiger partial charge in [0.1, 0.15) is 0 Å². The zero-order valence-corrected chi connectivity index (χ0v) is 14.0. The van der Waals surface area contributed by atoms with Crippen LogP contribution in [0.15, 0.2) is 24.3 Å². The minimum atomic E-state index is -0.699. The van der Waals surface area contributed by atoms with Gasteiger partial charge in [-0.1, -0.05) is 63.8 Å². The Labute approximate surface area is 131 Å². The van der Waals surface area contributed by atoms with Crippen LogP contribution in [0.2, 0.25) is 0 Å². The predicted molar refractivity (Wildman–Crippen MR) is 91.5 cm³/mol. The van der Waals surface area contributed by atoms with Gasteiger partial charge in [-0.2, -0.15) is 0 Å². The van der Waals surface area contributed by atoms with Crippen molar-refractivity contribution in [3.63, 3.8) is 0 Å². The van der Waals surface area contributed by atoms with E-state index in [9.17, 15) is 4.79 Å². The van der Waals surface area contributed by atoms with Gasteiger partial charge in [0.25, 0.3) is 0 Å². The standard InChI is InChI=1S/C19H34O2/c1-3-18(2)16-14-12-10-8-6-4-5-7-9-11-13-15-17-19(20)21/h4,6,9,11,18H,3,5,7-8,10,12-17H2,1-2H3,(H,20,21)/b6-4+,11-9+. The third-order valence-corrected chi connectivity index (χ3v) is 3.86. The van der Waals surface area contributed by atoms with Crippen molar-refractivity contribution in [2.24, 2.45) is 5.92 Å². The van der Waals surface area contributed by atoms with Crippen LogP contribution < -0.4 is 0 Å². The molecule has 0 aliphatic rings. The predicted octanol–water partition coefficient (Wildman–Crippen LogP) is 6.13. The monoisotopic (exact) mass is 294 g/mol. The van der Waals surface area contributed by atoms with E-state index in [1.807, 2.05) is 0 Å². The number of unbranched alkanes of at least 4 members (excludes halogenated alkanes) is 5. The summed E-state index contributed by atoms with van der Waals surface area (Å²) in [5.74, 6) is 0.193. The number of allylic oxidation sites excluding steroid dienone is 4. The van der Waals surface area contributed by atoms with E-state index < -0.39 is 5.97 Å². The van der Waals surface area contributed by atoms with E-state index in [2.05, 4.69) is 38.2 Å². The van der Waals surface area contributed by atoms with Crippen LogP contribution in [-0.2, 0) is 4.79 Å². The molecule has 0 aliphatic carbocycles. The molecule has 1 unspecified atom stereocenters. The molecule has 0 aromatic heterocycles. The second-order valence-electron chi connectivity index (χ2n) is 5.96. The van der Waals surface area contributed by atoms with Gasteiger partial charge in [-0.25, -0.2) is 0 Å². The smallest absolute Gasteiger partial charge is 0.303 e. The van der Waals surface area contributed by atoms with E-state index in [4.69, 9.17) is 5.11 Å². The van der Waals surface area contributed by atoms with Crippen LogP contribution in [0.4, 0.5) is 0 Å². The Morgan fingerprint density at radius 2 is 1.48 bits per heavy atom. The van der Waals surface area contributed by atoms with Crippen LogP contribution in [0.5, 0.6) is 0 Å². The summed E-state index contributed by atoms with van der Waals surface area (Å²) in [5, 5.41) is 8.50. The molecule has 122 valence electrons. The molecule has 21 heavy (non-hydrogen) atoms. The molecule has 1 atom stereocenters. The van der Waals surface area contributed by atoms with E-state index in [-0.39, 0.29) is 6.42 Å². The SMILES string of the molecule is CCC(C)CCCCC/C=C/CC/C=C/CCCC(=O)O. The molecular formula is C19H34O2. The van der Waals surface area contributed by atoms with Crippen molar-refractivity contribution in [1.82, 2.24) is 0 Å². The lowest BCUT2D eigenvalue weighted by Crippen LogP contribution is -1.92. The molecule has 2 nitrogen and oxygen atoms in total. The molecule has 0 aromatic rings. The Balaban J connectivity index is 3.25. The van der Waals surface area contributed by atoms with Crippen LogP contribution in [0.3, 0.4) is 0 Å². The van der Waals surface area contributed by atoms with Gasteiger partial charge >= 0.3 is 5.97 Å². The van der Waals surface area contributed by atoms with Crippen molar-refractivity contribution in [3.05, 3.63) is 24.3 Å². The quantitative estimate of drug-likeness (QED) is 0.309. The minimum Gasteiger partial charge on any atom is -0.481 e. The molecule has 0 fully saturated rings. The van der Waals surface area contributed by atoms with Crippen molar-refractivity contribution in [2.75, 3.05) is 0 Å². The van der Waals surface area contributed by atoms with Gasteiger partial charge < -0.3 is 5.11 Å². The minimum absolute atomic E-state index is 0.279. The Morgan fingerprint density at radius 1 is 0.905 bits per heavy atom. The second kappa shape index (κ2) is 15.3. The molecule has 0 bridgehead atoms. The van der Waals surface area contributed by atoms with E-state index in [1.165, 1.54) is 38.5 Å². The molecule has 0 heterocycles. The summed E-state index contributed by atoms with van der Waals surface area (Å²) in [7, 11) is 0. The first kappa shape index (κ1) is 19.9. The van der Waals surface area contributed by atoms with Crippen LogP contribution >= 0.6 is 0 Å². The summed E-state index contributed by atoms with van der Waals surface area (Å²) in [6.45, 7) is 4.61. The molecule has 0 aliphatic heterocycles. The summed E-state index contributed by atoms with van der Waals surface area (Å²) in [6, 6.07) is 0. The molecule has 0 aromatic carbocycles. The highest BCUT2D eigenvalue weighted by molar-refractivity contribution is 5.66. The van der Waals surface area contributed by atoms with Crippen molar-refractivity contribution in [1.29, 1.82) is 0 Å². The highest BCUT2D eigenvalue weighted by atomic mass is 16.4. The zero-order chi connectivity index (χ0) is 15.8. The molecular weight excluding hydrogens is 260 g/mol. The molecule has 0 saturated heterocycles. The fourth-order valence-electron chi connectivity index (χ4n) is 2.17. The first-order valence-electron chi connectivity index (χ1n) is 8.68. The van der Waals surface area contributed by atoms with E-state index >= 15 is 0 Å². The third-order valence-electron chi connectivity index (χ3n) is 3.86. The fraction of sp³-hybridized carbons (Fsp3) is 0.737.